The summed E-state index contributed by atoms with van der Waals surface area (Å²) in [5.74, 6) is 0.959. The molecule has 0 spiro atoms. The van der Waals surface area contributed by atoms with Crippen molar-refractivity contribution >= 4 is 16.8 Å². The minimum absolute atomic E-state index is 0.0838. The molecule has 0 saturated carbocycles. The van der Waals surface area contributed by atoms with Crippen LogP contribution in [-0.4, -0.2) is 64.9 Å². The van der Waals surface area contributed by atoms with Gasteiger partial charge in [-0.2, -0.15) is 0 Å². The van der Waals surface area contributed by atoms with Gasteiger partial charge in [0, 0.05) is 30.0 Å². The van der Waals surface area contributed by atoms with Gasteiger partial charge in [-0.05, 0) is 61.7 Å². The molecule has 4 rings (SSSR count). The van der Waals surface area contributed by atoms with E-state index in [9.17, 15) is 15.0 Å². The number of aromatic amines is 1. The Morgan fingerprint density at radius 1 is 1.16 bits per heavy atom. The van der Waals surface area contributed by atoms with Crippen molar-refractivity contribution in [1.82, 2.24) is 15.2 Å². The lowest BCUT2D eigenvalue weighted by Crippen LogP contribution is -2.45. The third-order valence-corrected chi connectivity index (χ3v) is 5.77. The molecule has 1 aromatic heterocycles. The SMILES string of the molecule is O=C(NCCCCN(CCO)[C@H]1COc2ccc(O)cc2C1)c1cc2ccccc2[nH]1. The first-order chi connectivity index (χ1) is 15.1. The van der Waals surface area contributed by atoms with E-state index in [2.05, 4.69) is 15.2 Å². The average Bonchev–Trinajstić information content (AvgIpc) is 3.22. The summed E-state index contributed by atoms with van der Waals surface area (Å²) in [6, 6.07) is 15.0. The van der Waals surface area contributed by atoms with Crippen LogP contribution in [0.3, 0.4) is 0 Å². The molecule has 0 saturated heterocycles. The predicted molar refractivity (Wildman–Crippen MR) is 120 cm³/mol. The summed E-state index contributed by atoms with van der Waals surface area (Å²) < 4.78 is 5.86. The minimum atomic E-state index is -0.0968. The van der Waals surface area contributed by atoms with Gasteiger partial charge in [-0.3, -0.25) is 9.69 Å². The third kappa shape index (κ3) is 5.18. The lowest BCUT2D eigenvalue weighted by molar-refractivity contribution is 0.0934. The Morgan fingerprint density at radius 2 is 2.03 bits per heavy atom. The quantitative estimate of drug-likeness (QED) is 0.397. The Balaban J connectivity index is 1.24. The average molecular weight is 424 g/mol. The number of carbonyl (C=O) groups is 1. The number of phenolic OH excluding ortho intramolecular Hbond substituents is 1. The van der Waals surface area contributed by atoms with Gasteiger partial charge in [0.15, 0.2) is 0 Å². The number of fused-ring (bicyclic) bond motifs is 2. The highest BCUT2D eigenvalue weighted by Gasteiger charge is 2.25. The number of carbonyl (C=O) groups excluding carboxylic acids is 1. The molecule has 0 unspecified atom stereocenters. The van der Waals surface area contributed by atoms with Crippen molar-refractivity contribution in [2.24, 2.45) is 0 Å². The van der Waals surface area contributed by atoms with E-state index in [1.54, 1.807) is 18.2 Å². The summed E-state index contributed by atoms with van der Waals surface area (Å²) in [6.07, 6.45) is 2.52. The van der Waals surface area contributed by atoms with Crippen molar-refractivity contribution in [2.45, 2.75) is 25.3 Å². The molecule has 3 aromatic rings. The summed E-state index contributed by atoms with van der Waals surface area (Å²) in [5.41, 5.74) is 2.52. The molecule has 0 bridgehead atoms. The van der Waals surface area contributed by atoms with E-state index in [4.69, 9.17) is 4.74 Å². The number of hydrogen-bond donors (Lipinski definition) is 4. The summed E-state index contributed by atoms with van der Waals surface area (Å²) in [7, 11) is 0. The second-order valence-electron chi connectivity index (χ2n) is 7.95. The number of rotatable bonds is 9. The van der Waals surface area contributed by atoms with Gasteiger partial charge in [-0.15, -0.1) is 0 Å². The van der Waals surface area contributed by atoms with Gasteiger partial charge >= 0.3 is 0 Å². The highest BCUT2D eigenvalue weighted by atomic mass is 16.5. The maximum atomic E-state index is 12.4. The minimum Gasteiger partial charge on any atom is -0.508 e. The zero-order valence-corrected chi connectivity index (χ0v) is 17.5. The van der Waals surface area contributed by atoms with Crippen LogP contribution >= 0.6 is 0 Å². The Labute approximate surface area is 181 Å². The van der Waals surface area contributed by atoms with Gasteiger partial charge in [-0.1, -0.05) is 18.2 Å². The number of aliphatic hydroxyl groups is 1. The summed E-state index contributed by atoms with van der Waals surface area (Å²) in [5, 5.41) is 23.2. The Morgan fingerprint density at radius 3 is 2.87 bits per heavy atom. The number of unbranched alkanes of at least 4 members (excludes halogenated alkanes) is 1. The number of phenols is 1. The van der Waals surface area contributed by atoms with Crippen LogP contribution in [0.5, 0.6) is 11.5 Å². The first kappa shape index (κ1) is 21.2. The second kappa shape index (κ2) is 9.85. The van der Waals surface area contributed by atoms with E-state index < -0.39 is 0 Å². The number of aromatic nitrogens is 1. The van der Waals surface area contributed by atoms with Crippen molar-refractivity contribution in [2.75, 3.05) is 32.8 Å². The van der Waals surface area contributed by atoms with E-state index in [-0.39, 0.29) is 24.3 Å². The van der Waals surface area contributed by atoms with Crippen LogP contribution in [0, 0.1) is 0 Å². The van der Waals surface area contributed by atoms with E-state index in [0.29, 0.717) is 25.4 Å². The zero-order valence-electron chi connectivity index (χ0n) is 17.5. The number of nitrogens with one attached hydrogen (secondary N) is 2. The van der Waals surface area contributed by atoms with Crippen molar-refractivity contribution in [1.29, 1.82) is 0 Å². The highest BCUT2D eigenvalue weighted by molar-refractivity contribution is 5.97. The van der Waals surface area contributed by atoms with Gasteiger partial charge in [0.1, 0.15) is 23.8 Å². The molecule has 0 aliphatic carbocycles. The zero-order chi connectivity index (χ0) is 21.6. The van der Waals surface area contributed by atoms with Crippen LogP contribution < -0.4 is 10.1 Å². The Bertz CT molecular complexity index is 1000. The van der Waals surface area contributed by atoms with Gasteiger partial charge in [0.25, 0.3) is 5.91 Å². The van der Waals surface area contributed by atoms with Gasteiger partial charge in [-0.25, -0.2) is 0 Å². The lowest BCUT2D eigenvalue weighted by atomic mass is 10.0. The Kier molecular flexibility index (Phi) is 6.74. The fourth-order valence-corrected chi connectivity index (χ4v) is 4.14. The fraction of sp³-hybridized carbons (Fsp3) is 0.375. The maximum Gasteiger partial charge on any atom is 0.267 e. The number of hydrogen-bond acceptors (Lipinski definition) is 5. The van der Waals surface area contributed by atoms with E-state index in [1.807, 2.05) is 30.3 Å². The number of benzene rings is 2. The van der Waals surface area contributed by atoms with Crippen LogP contribution in [0.1, 0.15) is 28.9 Å². The summed E-state index contributed by atoms with van der Waals surface area (Å²) in [4.78, 5) is 17.8. The normalized spacial score (nSPS) is 15.6. The number of para-hydroxylation sites is 1. The molecule has 164 valence electrons. The molecular formula is C24H29N3O4. The topological polar surface area (TPSA) is 97.8 Å². The summed E-state index contributed by atoms with van der Waals surface area (Å²) >= 11 is 0. The third-order valence-electron chi connectivity index (χ3n) is 5.77. The van der Waals surface area contributed by atoms with Crippen LogP contribution in [-0.2, 0) is 6.42 Å². The summed E-state index contributed by atoms with van der Waals surface area (Å²) in [6.45, 7) is 2.63. The molecule has 7 heteroatoms. The second-order valence-corrected chi connectivity index (χ2v) is 7.95. The molecule has 1 aliphatic heterocycles. The maximum absolute atomic E-state index is 12.4. The van der Waals surface area contributed by atoms with Crippen molar-refractivity contribution in [3.63, 3.8) is 0 Å². The molecule has 7 nitrogen and oxygen atoms in total. The number of ether oxygens (including phenoxy) is 1. The molecule has 31 heavy (non-hydrogen) atoms. The first-order valence-electron chi connectivity index (χ1n) is 10.8. The van der Waals surface area contributed by atoms with Crippen molar-refractivity contribution < 1.29 is 19.7 Å². The van der Waals surface area contributed by atoms with Gasteiger partial charge in [0.05, 0.1) is 6.61 Å². The first-order valence-corrected chi connectivity index (χ1v) is 10.8. The number of aromatic hydroxyl groups is 1. The molecule has 0 radical (unpaired) electrons. The smallest absolute Gasteiger partial charge is 0.267 e. The van der Waals surface area contributed by atoms with Crippen LogP contribution in [0.2, 0.25) is 0 Å². The molecule has 1 atom stereocenters. The monoisotopic (exact) mass is 423 g/mol. The van der Waals surface area contributed by atoms with Gasteiger partial charge < -0.3 is 25.3 Å². The Hall–Kier alpha value is -3.03. The van der Waals surface area contributed by atoms with Crippen LogP contribution in [0.15, 0.2) is 48.5 Å². The van der Waals surface area contributed by atoms with E-state index >= 15 is 0 Å². The van der Waals surface area contributed by atoms with Gasteiger partial charge in [0.2, 0.25) is 0 Å². The van der Waals surface area contributed by atoms with Crippen molar-refractivity contribution in [3.8, 4) is 11.5 Å². The molecule has 4 N–H and O–H groups in total. The fourth-order valence-electron chi connectivity index (χ4n) is 4.14. The van der Waals surface area contributed by atoms with Crippen molar-refractivity contribution in [3.05, 3.63) is 59.8 Å². The number of H-pyrrole nitrogens is 1. The van der Waals surface area contributed by atoms with E-state index in [0.717, 1.165) is 48.0 Å². The predicted octanol–water partition coefficient (Wildman–Crippen LogP) is 2.68. The molecular weight excluding hydrogens is 394 g/mol. The molecule has 0 fully saturated rings. The largest absolute Gasteiger partial charge is 0.508 e. The standard InChI is InChI=1S/C24H29N3O4/c28-12-11-27(19-13-18-14-20(29)7-8-23(18)31-16-19)10-4-3-9-25-24(30)22-15-17-5-1-2-6-21(17)26-22/h1-2,5-8,14-15,19,26,28-29H,3-4,9-13,16H2,(H,25,30)/t19-/m1/s1. The number of amides is 1. The number of nitrogens with zero attached hydrogens (tertiary/aromatic N) is 1. The highest BCUT2D eigenvalue weighted by Crippen LogP contribution is 2.29. The molecule has 1 aliphatic rings. The number of aliphatic hydroxyl groups excluding tert-OH is 1. The molecule has 2 heterocycles. The molecule has 1 amide bonds. The van der Waals surface area contributed by atoms with Crippen LogP contribution in [0.25, 0.3) is 10.9 Å². The van der Waals surface area contributed by atoms with E-state index in [1.165, 1.54) is 0 Å². The lowest BCUT2D eigenvalue weighted by Gasteiger charge is -2.34. The van der Waals surface area contributed by atoms with Crippen LogP contribution in [0.4, 0.5) is 0 Å². The molecule has 2 aromatic carbocycles.